The van der Waals surface area contributed by atoms with Gasteiger partial charge in [0.1, 0.15) is 12.4 Å². The molecule has 6 nitrogen and oxygen atoms in total. The predicted molar refractivity (Wildman–Crippen MR) is 111 cm³/mol. The van der Waals surface area contributed by atoms with Crippen molar-refractivity contribution in [2.75, 3.05) is 26.7 Å². The molecule has 0 aliphatic carbocycles. The van der Waals surface area contributed by atoms with E-state index in [-0.39, 0.29) is 5.91 Å². The van der Waals surface area contributed by atoms with Gasteiger partial charge in [0.15, 0.2) is 5.96 Å². The molecule has 2 aromatic rings. The van der Waals surface area contributed by atoms with E-state index in [0.29, 0.717) is 26.1 Å². The molecule has 3 rings (SSSR count). The summed E-state index contributed by atoms with van der Waals surface area (Å²) >= 11 is 0. The van der Waals surface area contributed by atoms with Gasteiger partial charge in [0.05, 0.1) is 6.54 Å². The number of para-hydroxylation sites is 1. The first-order chi connectivity index (χ1) is 13.8. The standard InChI is InChI=1S/C22H28N4O2/c1-23-22(25-14-15-28-20-10-3-2-4-11-20)24-13-7-12-21(27)26-16-18-8-5-6-9-19(18)17-26/h2-6,8-11H,7,12-17H2,1H3,(H2,23,24,25). The molecular formula is C22H28N4O2. The monoisotopic (exact) mass is 380 g/mol. The smallest absolute Gasteiger partial charge is 0.223 e. The number of nitrogens with zero attached hydrogens (tertiary/aromatic N) is 2. The first-order valence-electron chi connectivity index (χ1n) is 9.73. The molecule has 148 valence electrons. The van der Waals surface area contributed by atoms with Crippen LogP contribution in [0.1, 0.15) is 24.0 Å². The number of hydrogen-bond acceptors (Lipinski definition) is 3. The molecule has 1 amide bonds. The lowest BCUT2D eigenvalue weighted by molar-refractivity contribution is -0.131. The minimum atomic E-state index is 0.206. The van der Waals surface area contributed by atoms with Crippen molar-refractivity contribution in [2.24, 2.45) is 4.99 Å². The number of carbonyl (C=O) groups is 1. The zero-order valence-corrected chi connectivity index (χ0v) is 16.4. The highest BCUT2D eigenvalue weighted by molar-refractivity contribution is 5.80. The third-order valence-corrected chi connectivity index (χ3v) is 4.68. The van der Waals surface area contributed by atoms with Crippen molar-refractivity contribution in [1.82, 2.24) is 15.5 Å². The SMILES string of the molecule is CN=C(NCCCC(=O)N1Cc2ccccc2C1)NCCOc1ccccc1. The molecule has 1 aliphatic heterocycles. The average molecular weight is 380 g/mol. The van der Waals surface area contributed by atoms with Crippen molar-refractivity contribution in [3.63, 3.8) is 0 Å². The van der Waals surface area contributed by atoms with Crippen LogP contribution in [0.5, 0.6) is 5.75 Å². The van der Waals surface area contributed by atoms with Gasteiger partial charge in [-0.15, -0.1) is 0 Å². The van der Waals surface area contributed by atoms with Crippen LogP contribution in [0.25, 0.3) is 0 Å². The van der Waals surface area contributed by atoms with Crippen molar-refractivity contribution in [3.05, 3.63) is 65.7 Å². The Morgan fingerprint density at radius 2 is 1.64 bits per heavy atom. The van der Waals surface area contributed by atoms with Crippen LogP contribution in [-0.2, 0) is 17.9 Å². The normalized spacial score (nSPS) is 13.2. The summed E-state index contributed by atoms with van der Waals surface area (Å²) in [5.41, 5.74) is 2.52. The molecule has 28 heavy (non-hydrogen) atoms. The van der Waals surface area contributed by atoms with Crippen LogP contribution in [0.3, 0.4) is 0 Å². The van der Waals surface area contributed by atoms with Crippen LogP contribution >= 0.6 is 0 Å². The second-order valence-corrected chi connectivity index (χ2v) is 6.71. The van der Waals surface area contributed by atoms with Gasteiger partial charge in [0, 0.05) is 33.1 Å². The zero-order chi connectivity index (χ0) is 19.6. The molecule has 1 heterocycles. The number of fused-ring (bicyclic) bond motifs is 1. The molecule has 0 bridgehead atoms. The zero-order valence-electron chi connectivity index (χ0n) is 16.4. The first-order valence-corrected chi connectivity index (χ1v) is 9.73. The van der Waals surface area contributed by atoms with E-state index in [1.54, 1.807) is 7.05 Å². The molecule has 1 aliphatic rings. The number of aliphatic imine (C=N–C) groups is 1. The van der Waals surface area contributed by atoms with Crippen LogP contribution in [0, 0.1) is 0 Å². The second-order valence-electron chi connectivity index (χ2n) is 6.71. The van der Waals surface area contributed by atoms with Crippen molar-refractivity contribution >= 4 is 11.9 Å². The largest absolute Gasteiger partial charge is 0.492 e. The predicted octanol–water partition coefficient (Wildman–Crippen LogP) is 2.55. The lowest BCUT2D eigenvalue weighted by atomic mass is 10.1. The number of hydrogen-bond donors (Lipinski definition) is 2. The van der Waals surface area contributed by atoms with Gasteiger partial charge < -0.3 is 20.3 Å². The first kappa shape index (κ1) is 19.7. The van der Waals surface area contributed by atoms with Crippen molar-refractivity contribution in [3.8, 4) is 5.75 Å². The van der Waals surface area contributed by atoms with Gasteiger partial charge in [-0.05, 0) is 29.7 Å². The van der Waals surface area contributed by atoms with Gasteiger partial charge >= 0.3 is 0 Å². The molecule has 0 saturated carbocycles. The molecule has 0 spiro atoms. The molecule has 0 radical (unpaired) electrons. The quantitative estimate of drug-likeness (QED) is 0.420. The molecular weight excluding hydrogens is 352 g/mol. The molecule has 2 aromatic carbocycles. The van der Waals surface area contributed by atoms with Crippen LogP contribution < -0.4 is 15.4 Å². The highest BCUT2D eigenvalue weighted by Crippen LogP contribution is 2.22. The Morgan fingerprint density at radius 1 is 1.00 bits per heavy atom. The maximum Gasteiger partial charge on any atom is 0.223 e. The molecule has 6 heteroatoms. The fraction of sp³-hybridized carbons (Fsp3) is 0.364. The van der Waals surface area contributed by atoms with Gasteiger partial charge in [-0.25, -0.2) is 0 Å². The molecule has 0 atom stereocenters. The summed E-state index contributed by atoms with van der Waals surface area (Å²) in [6.07, 6.45) is 1.31. The van der Waals surface area contributed by atoms with Crippen LogP contribution in [-0.4, -0.2) is 43.5 Å². The molecule has 2 N–H and O–H groups in total. The summed E-state index contributed by atoms with van der Waals surface area (Å²) in [6, 6.07) is 18.0. The average Bonchev–Trinajstić information content (AvgIpc) is 3.17. The van der Waals surface area contributed by atoms with E-state index < -0.39 is 0 Å². The summed E-state index contributed by atoms with van der Waals surface area (Å²) in [5.74, 6) is 1.78. The Labute approximate surface area is 166 Å². The number of benzene rings is 2. The van der Waals surface area contributed by atoms with E-state index in [4.69, 9.17) is 4.74 Å². The van der Waals surface area contributed by atoms with Gasteiger partial charge in [0.25, 0.3) is 0 Å². The fourth-order valence-corrected chi connectivity index (χ4v) is 3.19. The third-order valence-electron chi connectivity index (χ3n) is 4.68. The minimum absolute atomic E-state index is 0.206. The summed E-state index contributed by atoms with van der Waals surface area (Å²) in [6.45, 7) is 3.37. The molecule has 0 fully saturated rings. The van der Waals surface area contributed by atoms with Gasteiger partial charge in [-0.1, -0.05) is 42.5 Å². The van der Waals surface area contributed by atoms with E-state index in [1.165, 1.54) is 11.1 Å². The second kappa shape index (κ2) is 10.3. The van der Waals surface area contributed by atoms with E-state index >= 15 is 0 Å². The summed E-state index contributed by atoms with van der Waals surface area (Å²) in [4.78, 5) is 18.5. The van der Waals surface area contributed by atoms with Gasteiger partial charge in [0.2, 0.25) is 5.91 Å². The maximum absolute atomic E-state index is 12.4. The number of amides is 1. The molecule has 0 unspecified atom stereocenters. The number of rotatable bonds is 8. The third kappa shape index (κ3) is 5.74. The van der Waals surface area contributed by atoms with Gasteiger partial charge in [-0.2, -0.15) is 0 Å². The molecule has 0 aromatic heterocycles. The van der Waals surface area contributed by atoms with E-state index in [9.17, 15) is 4.79 Å². The van der Waals surface area contributed by atoms with E-state index in [0.717, 1.165) is 31.2 Å². The number of carbonyl (C=O) groups excluding carboxylic acids is 1. The summed E-state index contributed by atoms with van der Waals surface area (Å²) < 4.78 is 5.65. The highest BCUT2D eigenvalue weighted by atomic mass is 16.5. The van der Waals surface area contributed by atoms with Crippen molar-refractivity contribution in [1.29, 1.82) is 0 Å². The lowest BCUT2D eigenvalue weighted by Crippen LogP contribution is -2.40. The number of guanidine groups is 1. The number of ether oxygens (including phenoxy) is 1. The fourth-order valence-electron chi connectivity index (χ4n) is 3.19. The van der Waals surface area contributed by atoms with E-state index in [1.807, 2.05) is 47.4 Å². The summed E-state index contributed by atoms with van der Waals surface area (Å²) in [7, 11) is 1.74. The van der Waals surface area contributed by atoms with Crippen molar-refractivity contribution < 1.29 is 9.53 Å². The Morgan fingerprint density at radius 3 is 2.32 bits per heavy atom. The Balaban J connectivity index is 1.28. The topological polar surface area (TPSA) is 66.0 Å². The van der Waals surface area contributed by atoms with Crippen molar-refractivity contribution in [2.45, 2.75) is 25.9 Å². The molecule has 0 saturated heterocycles. The minimum Gasteiger partial charge on any atom is -0.492 e. The maximum atomic E-state index is 12.4. The highest BCUT2D eigenvalue weighted by Gasteiger charge is 2.22. The van der Waals surface area contributed by atoms with Crippen LogP contribution in [0.15, 0.2) is 59.6 Å². The lowest BCUT2D eigenvalue weighted by Gasteiger charge is -2.16. The van der Waals surface area contributed by atoms with Crippen LogP contribution in [0.2, 0.25) is 0 Å². The Hall–Kier alpha value is -3.02. The van der Waals surface area contributed by atoms with E-state index in [2.05, 4.69) is 27.8 Å². The Kier molecular flexibility index (Phi) is 7.29. The Bertz CT molecular complexity index is 767. The summed E-state index contributed by atoms with van der Waals surface area (Å²) in [5, 5.41) is 6.46. The number of nitrogens with one attached hydrogen (secondary N) is 2. The van der Waals surface area contributed by atoms with Gasteiger partial charge in [-0.3, -0.25) is 9.79 Å². The van der Waals surface area contributed by atoms with Crippen LogP contribution in [0.4, 0.5) is 0 Å².